The molecule has 0 spiro atoms. The minimum absolute atomic E-state index is 0.0749. The van der Waals surface area contributed by atoms with Gasteiger partial charge in [0, 0.05) is 13.1 Å². The van der Waals surface area contributed by atoms with Crippen LogP contribution in [0.15, 0.2) is 18.2 Å². The van der Waals surface area contributed by atoms with Gasteiger partial charge in [-0.25, -0.2) is 4.79 Å². The summed E-state index contributed by atoms with van der Waals surface area (Å²) in [5.41, 5.74) is 1.84. The van der Waals surface area contributed by atoms with Crippen LogP contribution in [-0.2, 0) is 4.79 Å². The summed E-state index contributed by atoms with van der Waals surface area (Å²) >= 11 is 0. The molecule has 1 amide bonds. The second kappa shape index (κ2) is 4.45. The fraction of sp³-hybridized carbons (Fsp3) is 0.333. The quantitative estimate of drug-likeness (QED) is 0.787. The summed E-state index contributed by atoms with van der Waals surface area (Å²) in [6.07, 6.45) is 0. The number of carbonyl (C=O) groups excluding carboxylic acids is 1. The summed E-state index contributed by atoms with van der Waals surface area (Å²) in [7, 11) is 0. The molecule has 1 saturated heterocycles. The molecule has 2 N–H and O–H groups in total. The first kappa shape index (κ1) is 11.4. The number of piperazine rings is 1. The lowest BCUT2D eigenvalue weighted by molar-refractivity contribution is -0.120. The number of hydrogen-bond donors (Lipinski definition) is 2. The van der Waals surface area contributed by atoms with Gasteiger partial charge in [0.25, 0.3) is 0 Å². The van der Waals surface area contributed by atoms with E-state index in [1.54, 1.807) is 17.0 Å². The van der Waals surface area contributed by atoms with Gasteiger partial charge in [-0.3, -0.25) is 4.79 Å². The minimum Gasteiger partial charge on any atom is -0.478 e. The highest BCUT2D eigenvalue weighted by molar-refractivity contribution is 5.96. The van der Waals surface area contributed by atoms with Gasteiger partial charge >= 0.3 is 5.97 Å². The second-order valence-corrected chi connectivity index (χ2v) is 4.10. The number of benzene rings is 1. The number of nitrogens with one attached hydrogen (secondary N) is 1. The third kappa shape index (κ3) is 2.38. The van der Waals surface area contributed by atoms with Gasteiger partial charge < -0.3 is 15.3 Å². The molecule has 1 aromatic carbocycles. The summed E-state index contributed by atoms with van der Waals surface area (Å²) < 4.78 is 0. The Labute approximate surface area is 99.0 Å². The Kier molecular flexibility index (Phi) is 2.99. The van der Waals surface area contributed by atoms with Crippen LogP contribution in [0, 0.1) is 6.92 Å². The van der Waals surface area contributed by atoms with E-state index in [1.807, 2.05) is 13.0 Å². The van der Waals surface area contributed by atoms with Gasteiger partial charge in [-0.1, -0.05) is 6.07 Å². The Bertz CT molecular complexity index is 471. The molecule has 2 rings (SSSR count). The first-order valence-electron chi connectivity index (χ1n) is 5.43. The fourth-order valence-corrected chi connectivity index (χ4v) is 1.93. The summed E-state index contributed by atoms with van der Waals surface area (Å²) in [5, 5.41) is 11.8. The molecule has 0 atom stereocenters. The number of amides is 1. The molecule has 17 heavy (non-hydrogen) atoms. The van der Waals surface area contributed by atoms with Crippen molar-refractivity contribution in [2.24, 2.45) is 0 Å². The van der Waals surface area contributed by atoms with E-state index in [0.29, 0.717) is 18.8 Å². The molecule has 0 bridgehead atoms. The molecule has 0 aromatic heterocycles. The Hall–Kier alpha value is -2.04. The predicted molar refractivity (Wildman–Crippen MR) is 63.4 cm³/mol. The Morgan fingerprint density at radius 2 is 2.24 bits per heavy atom. The monoisotopic (exact) mass is 234 g/mol. The standard InChI is InChI=1S/C12H14N2O3/c1-8-2-3-9(12(16)17)10(6-8)14-5-4-13-11(15)7-14/h2-3,6H,4-5,7H2,1H3,(H,13,15)(H,16,17). The summed E-state index contributed by atoms with van der Waals surface area (Å²) in [5.74, 6) is -1.04. The number of rotatable bonds is 2. The maximum atomic E-state index is 11.3. The molecule has 1 aliphatic heterocycles. The fourth-order valence-electron chi connectivity index (χ4n) is 1.93. The van der Waals surface area contributed by atoms with Crippen LogP contribution in [0.4, 0.5) is 5.69 Å². The molecule has 90 valence electrons. The molecule has 1 fully saturated rings. The molecule has 5 nitrogen and oxygen atoms in total. The van der Waals surface area contributed by atoms with Crippen molar-refractivity contribution in [3.8, 4) is 0 Å². The molecular weight excluding hydrogens is 220 g/mol. The van der Waals surface area contributed by atoms with Crippen LogP contribution in [0.1, 0.15) is 15.9 Å². The van der Waals surface area contributed by atoms with E-state index in [1.165, 1.54) is 0 Å². The lowest BCUT2D eigenvalue weighted by Crippen LogP contribution is -2.48. The van der Waals surface area contributed by atoms with E-state index in [2.05, 4.69) is 5.32 Å². The molecule has 0 unspecified atom stereocenters. The average molecular weight is 234 g/mol. The molecular formula is C12H14N2O3. The summed E-state index contributed by atoms with van der Waals surface area (Å²) in [6, 6.07) is 5.15. The molecule has 1 aliphatic rings. The first-order valence-corrected chi connectivity index (χ1v) is 5.43. The van der Waals surface area contributed by atoms with Gasteiger partial charge in [-0.2, -0.15) is 0 Å². The van der Waals surface area contributed by atoms with Gasteiger partial charge in [-0.15, -0.1) is 0 Å². The van der Waals surface area contributed by atoms with Gasteiger partial charge in [0.2, 0.25) is 5.91 Å². The van der Waals surface area contributed by atoms with E-state index < -0.39 is 5.97 Å². The van der Waals surface area contributed by atoms with Crippen LogP contribution in [0.3, 0.4) is 0 Å². The van der Waals surface area contributed by atoms with Gasteiger partial charge in [0.1, 0.15) is 0 Å². The number of anilines is 1. The van der Waals surface area contributed by atoms with Gasteiger partial charge in [-0.05, 0) is 24.6 Å². The van der Waals surface area contributed by atoms with Crippen molar-refractivity contribution in [3.05, 3.63) is 29.3 Å². The number of aryl methyl sites for hydroxylation is 1. The van der Waals surface area contributed by atoms with Gasteiger partial charge in [0.15, 0.2) is 0 Å². The first-order chi connectivity index (χ1) is 8.08. The number of carboxylic acids is 1. The number of nitrogens with zero attached hydrogens (tertiary/aromatic N) is 1. The Balaban J connectivity index is 2.38. The number of carbonyl (C=O) groups is 2. The van der Waals surface area contributed by atoms with Crippen molar-refractivity contribution in [2.75, 3.05) is 24.5 Å². The van der Waals surface area contributed by atoms with Crippen molar-refractivity contribution in [1.29, 1.82) is 0 Å². The van der Waals surface area contributed by atoms with Crippen LogP contribution >= 0.6 is 0 Å². The topological polar surface area (TPSA) is 69.6 Å². The third-order valence-corrected chi connectivity index (χ3v) is 2.76. The van der Waals surface area contributed by atoms with E-state index in [0.717, 1.165) is 5.56 Å². The van der Waals surface area contributed by atoms with Gasteiger partial charge in [0.05, 0.1) is 17.8 Å². The van der Waals surface area contributed by atoms with E-state index in [-0.39, 0.29) is 18.0 Å². The van der Waals surface area contributed by atoms with Crippen molar-refractivity contribution in [3.63, 3.8) is 0 Å². The lowest BCUT2D eigenvalue weighted by Gasteiger charge is -2.29. The second-order valence-electron chi connectivity index (χ2n) is 4.10. The maximum Gasteiger partial charge on any atom is 0.337 e. The molecule has 0 aliphatic carbocycles. The summed E-state index contributed by atoms with van der Waals surface area (Å²) in [4.78, 5) is 24.2. The number of aromatic carboxylic acids is 1. The molecule has 1 heterocycles. The van der Waals surface area contributed by atoms with Crippen molar-refractivity contribution < 1.29 is 14.7 Å². The molecule has 0 saturated carbocycles. The minimum atomic E-state index is -0.967. The average Bonchev–Trinajstić information content (AvgIpc) is 2.28. The Morgan fingerprint density at radius 1 is 1.47 bits per heavy atom. The predicted octanol–water partition coefficient (Wildman–Crippen LogP) is 0.629. The normalized spacial score (nSPS) is 15.6. The van der Waals surface area contributed by atoms with Crippen LogP contribution in [0.2, 0.25) is 0 Å². The number of hydrogen-bond acceptors (Lipinski definition) is 3. The molecule has 1 aromatic rings. The maximum absolute atomic E-state index is 11.3. The zero-order chi connectivity index (χ0) is 12.4. The van der Waals surface area contributed by atoms with Crippen molar-refractivity contribution >= 4 is 17.6 Å². The largest absolute Gasteiger partial charge is 0.478 e. The molecule has 5 heteroatoms. The smallest absolute Gasteiger partial charge is 0.337 e. The lowest BCUT2D eigenvalue weighted by atomic mass is 10.1. The highest BCUT2D eigenvalue weighted by atomic mass is 16.4. The van der Waals surface area contributed by atoms with Crippen molar-refractivity contribution in [2.45, 2.75) is 6.92 Å². The Morgan fingerprint density at radius 3 is 2.88 bits per heavy atom. The van der Waals surface area contributed by atoms with Crippen LogP contribution in [-0.4, -0.2) is 36.6 Å². The number of carboxylic acid groups (broad SMARTS) is 1. The SMILES string of the molecule is Cc1ccc(C(=O)O)c(N2CCNC(=O)C2)c1. The van der Waals surface area contributed by atoms with Crippen LogP contribution in [0.5, 0.6) is 0 Å². The van der Waals surface area contributed by atoms with Crippen LogP contribution < -0.4 is 10.2 Å². The summed E-state index contributed by atoms with van der Waals surface area (Å²) in [6.45, 7) is 3.30. The highest BCUT2D eigenvalue weighted by Crippen LogP contribution is 2.22. The van der Waals surface area contributed by atoms with Crippen molar-refractivity contribution in [1.82, 2.24) is 5.32 Å². The highest BCUT2D eigenvalue weighted by Gasteiger charge is 2.21. The molecule has 0 radical (unpaired) electrons. The zero-order valence-corrected chi connectivity index (χ0v) is 9.56. The third-order valence-electron chi connectivity index (χ3n) is 2.76. The van der Waals surface area contributed by atoms with E-state index >= 15 is 0 Å². The zero-order valence-electron chi connectivity index (χ0n) is 9.56. The van der Waals surface area contributed by atoms with E-state index in [4.69, 9.17) is 5.11 Å². The van der Waals surface area contributed by atoms with E-state index in [9.17, 15) is 9.59 Å². The van der Waals surface area contributed by atoms with Crippen LogP contribution in [0.25, 0.3) is 0 Å².